The number of aliphatic imine (C=N–C) groups is 1. The summed E-state index contributed by atoms with van der Waals surface area (Å²) >= 11 is 0. The Bertz CT molecular complexity index is 1160. The fourth-order valence-electron chi connectivity index (χ4n) is 3.52. The molecule has 4 rings (SSSR count). The number of carbonyl (C=O) groups is 1. The fourth-order valence-corrected chi connectivity index (χ4v) is 3.52. The highest BCUT2D eigenvalue weighted by Crippen LogP contribution is 2.32. The Labute approximate surface area is 179 Å². The molecule has 1 aliphatic carbocycles. The summed E-state index contributed by atoms with van der Waals surface area (Å²) in [5.74, 6) is 0.856. The van der Waals surface area contributed by atoms with Crippen molar-refractivity contribution in [1.29, 1.82) is 0 Å². The average molecular weight is 420 g/mol. The first kappa shape index (κ1) is 20.7. The lowest BCUT2D eigenvalue weighted by Crippen LogP contribution is -2.24. The Morgan fingerprint density at radius 2 is 2.19 bits per heavy atom. The molecule has 160 valence electrons. The first-order chi connectivity index (χ1) is 15.1. The largest absolute Gasteiger partial charge is 0.393 e. The van der Waals surface area contributed by atoms with Gasteiger partial charge in [0, 0.05) is 51.2 Å². The van der Waals surface area contributed by atoms with E-state index in [-0.39, 0.29) is 24.0 Å². The first-order valence-corrected chi connectivity index (χ1v) is 10.3. The van der Waals surface area contributed by atoms with Crippen LogP contribution < -0.4 is 10.6 Å². The molecule has 7 nitrogen and oxygen atoms in total. The maximum Gasteiger partial charge on any atom is 0.272 e. The van der Waals surface area contributed by atoms with E-state index < -0.39 is 0 Å². The molecule has 0 atom stereocenters. The number of amides is 1. The van der Waals surface area contributed by atoms with E-state index in [0.717, 1.165) is 23.3 Å². The molecule has 0 spiro atoms. The van der Waals surface area contributed by atoms with Gasteiger partial charge in [-0.05, 0) is 54.2 Å². The number of hydrogen-bond donors (Lipinski definition) is 3. The zero-order valence-corrected chi connectivity index (χ0v) is 17.6. The molecule has 1 saturated carbocycles. The van der Waals surface area contributed by atoms with E-state index in [0.29, 0.717) is 22.6 Å². The van der Waals surface area contributed by atoms with E-state index in [2.05, 4.69) is 30.6 Å². The highest BCUT2D eigenvalue weighted by Gasteiger charge is 2.24. The van der Waals surface area contributed by atoms with Gasteiger partial charge in [0.1, 0.15) is 11.6 Å². The zero-order valence-electron chi connectivity index (χ0n) is 17.6. The molecule has 1 amide bonds. The van der Waals surface area contributed by atoms with Crippen molar-refractivity contribution in [3.8, 4) is 0 Å². The molecular formula is C23H25FN6O. The molecule has 0 radical (unpaired) electrons. The van der Waals surface area contributed by atoms with Crippen LogP contribution in [-0.4, -0.2) is 41.2 Å². The number of carbonyl (C=O) groups excluding carboxylic acids is 1. The summed E-state index contributed by atoms with van der Waals surface area (Å²) in [7, 11) is 3.42. The molecule has 0 unspecified atom stereocenters. The van der Waals surface area contributed by atoms with Crippen LogP contribution in [0.2, 0.25) is 0 Å². The quantitative estimate of drug-likeness (QED) is 0.488. The van der Waals surface area contributed by atoms with E-state index in [4.69, 9.17) is 0 Å². The second kappa shape index (κ2) is 9.07. The van der Waals surface area contributed by atoms with Crippen molar-refractivity contribution in [1.82, 2.24) is 25.6 Å². The van der Waals surface area contributed by atoms with Crippen molar-refractivity contribution in [3.05, 3.63) is 65.1 Å². The average Bonchev–Trinajstić information content (AvgIpc) is 3.46. The van der Waals surface area contributed by atoms with Gasteiger partial charge in [0.25, 0.3) is 5.91 Å². The Kier molecular flexibility index (Phi) is 6.06. The van der Waals surface area contributed by atoms with Crippen molar-refractivity contribution < 1.29 is 9.18 Å². The molecule has 0 aliphatic heterocycles. The minimum absolute atomic E-state index is 0.167. The van der Waals surface area contributed by atoms with Crippen LogP contribution in [0.5, 0.6) is 0 Å². The van der Waals surface area contributed by atoms with Crippen molar-refractivity contribution in [3.63, 3.8) is 0 Å². The third-order valence-electron chi connectivity index (χ3n) is 5.16. The van der Waals surface area contributed by atoms with Crippen LogP contribution >= 0.6 is 0 Å². The molecule has 1 fully saturated rings. The van der Waals surface area contributed by atoms with Crippen LogP contribution in [0.4, 0.5) is 4.39 Å². The summed E-state index contributed by atoms with van der Waals surface area (Å²) in [6.07, 6.45) is 8.33. The smallest absolute Gasteiger partial charge is 0.272 e. The van der Waals surface area contributed by atoms with Gasteiger partial charge in [-0.15, -0.1) is 0 Å². The monoisotopic (exact) mass is 420 g/mol. The Hall–Kier alpha value is -3.55. The number of aromatic amines is 1. The van der Waals surface area contributed by atoms with Gasteiger partial charge in [-0.3, -0.25) is 9.79 Å². The third-order valence-corrected chi connectivity index (χ3v) is 5.16. The second-order valence-corrected chi connectivity index (χ2v) is 7.69. The van der Waals surface area contributed by atoms with Gasteiger partial charge in [0.2, 0.25) is 0 Å². The number of pyridine rings is 1. The van der Waals surface area contributed by atoms with Gasteiger partial charge >= 0.3 is 0 Å². The highest BCUT2D eigenvalue weighted by atomic mass is 19.1. The van der Waals surface area contributed by atoms with E-state index in [1.165, 1.54) is 25.0 Å². The number of imidazole rings is 1. The van der Waals surface area contributed by atoms with Gasteiger partial charge in [-0.2, -0.15) is 0 Å². The number of hydrogen-bond acceptors (Lipinski definition) is 5. The second-order valence-electron chi connectivity index (χ2n) is 7.69. The Balaban J connectivity index is 1.52. The number of allylic oxidation sites excluding steroid dienone is 1. The number of benzene rings is 1. The topological polar surface area (TPSA) is 95.1 Å². The number of H-pyrrole nitrogens is 1. The van der Waals surface area contributed by atoms with E-state index in [1.807, 2.05) is 6.07 Å². The standard InChI is InChI=1S/C23H25FN6O/c1-25-12-17(13-26-2)16-7-15(8-18(24)10-16)11-28-23(31)22-21-19(5-6-27-22)29-20(30-21)9-14-3-4-14/h5-8,10,12-14,25H,3-4,9,11H2,1-2H3,(H,28,31)(H,29,30)/b17-12+,26-13-. The van der Waals surface area contributed by atoms with Crippen LogP contribution in [0.1, 0.15) is 40.3 Å². The van der Waals surface area contributed by atoms with Crippen molar-refractivity contribution >= 4 is 28.7 Å². The molecule has 3 aromatic rings. The van der Waals surface area contributed by atoms with Gasteiger partial charge in [-0.25, -0.2) is 14.4 Å². The SMILES string of the molecule is C/N=C\C(=C/NC)c1cc(F)cc(CNC(=O)c2nccc3nc(CC4CC4)[nH]c23)c1. The maximum atomic E-state index is 14.2. The van der Waals surface area contributed by atoms with E-state index >= 15 is 0 Å². The minimum atomic E-state index is -0.383. The zero-order chi connectivity index (χ0) is 21.8. The molecule has 2 heterocycles. The van der Waals surface area contributed by atoms with Crippen LogP contribution in [0.25, 0.3) is 16.6 Å². The van der Waals surface area contributed by atoms with Gasteiger partial charge in [-0.1, -0.05) is 0 Å². The summed E-state index contributed by atoms with van der Waals surface area (Å²) < 4.78 is 14.2. The highest BCUT2D eigenvalue weighted by molar-refractivity contribution is 6.09. The summed E-state index contributed by atoms with van der Waals surface area (Å²) in [4.78, 5) is 28.9. The van der Waals surface area contributed by atoms with Crippen molar-refractivity contribution in [2.24, 2.45) is 10.9 Å². The molecule has 3 N–H and O–H groups in total. The number of halogens is 1. The van der Waals surface area contributed by atoms with Crippen molar-refractivity contribution in [2.45, 2.75) is 25.8 Å². The summed E-state index contributed by atoms with van der Waals surface area (Å²) in [5.41, 5.74) is 3.70. The van der Waals surface area contributed by atoms with Crippen LogP contribution in [0, 0.1) is 11.7 Å². The normalized spacial score (nSPS) is 14.4. The number of rotatable bonds is 8. The number of aromatic nitrogens is 3. The summed E-state index contributed by atoms with van der Waals surface area (Å²) in [6, 6.07) is 6.46. The molecule has 0 saturated heterocycles. The lowest BCUT2D eigenvalue weighted by molar-refractivity contribution is 0.0947. The minimum Gasteiger partial charge on any atom is -0.393 e. The molecule has 2 aromatic heterocycles. The molecular weight excluding hydrogens is 395 g/mol. The maximum absolute atomic E-state index is 14.2. The lowest BCUT2D eigenvalue weighted by atomic mass is 10.0. The number of nitrogens with one attached hydrogen (secondary N) is 3. The molecule has 8 heteroatoms. The molecule has 0 bridgehead atoms. The fraction of sp³-hybridized carbons (Fsp3) is 0.304. The molecule has 1 aromatic carbocycles. The molecule has 1 aliphatic rings. The van der Waals surface area contributed by atoms with E-state index in [1.54, 1.807) is 38.8 Å². The number of fused-ring (bicyclic) bond motifs is 1. The van der Waals surface area contributed by atoms with Gasteiger partial charge in [0.05, 0.1) is 11.0 Å². The lowest BCUT2D eigenvalue weighted by Gasteiger charge is -2.09. The van der Waals surface area contributed by atoms with Gasteiger partial charge in [0.15, 0.2) is 5.69 Å². The van der Waals surface area contributed by atoms with Crippen molar-refractivity contribution in [2.75, 3.05) is 14.1 Å². The summed E-state index contributed by atoms with van der Waals surface area (Å²) in [5, 5.41) is 5.78. The van der Waals surface area contributed by atoms with Crippen LogP contribution in [-0.2, 0) is 13.0 Å². The van der Waals surface area contributed by atoms with Crippen LogP contribution in [0.15, 0.2) is 41.7 Å². The van der Waals surface area contributed by atoms with E-state index in [9.17, 15) is 9.18 Å². The molecule has 31 heavy (non-hydrogen) atoms. The van der Waals surface area contributed by atoms with Crippen LogP contribution in [0.3, 0.4) is 0 Å². The first-order valence-electron chi connectivity index (χ1n) is 10.3. The Morgan fingerprint density at radius 3 is 2.94 bits per heavy atom. The third kappa shape index (κ3) is 4.96. The van der Waals surface area contributed by atoms with Gasteiger partial charge < -0.3 is 15.6 Å². The number of nitrogens with zero attached hydrogens (tertiary/aromatic N) is 3. The predicted octanol–water partition coefficient (Wildman–Crippen LogP) is 3.24. The predicted molar refractivity (Wildman–Crippen MR) is 119 cm³/mol. The summed E-state index contributed by atoms with van der Waals surface area (Å²) in [6.45, 7) is 0.167. The Morgan fingerprint density at radius 1 is 1.35 bits per heavy atom.